The largest absolute Gasteiger partial charge is 0.424 e. The van der Waals surface area contributed by atoms with Crippen LogP contribution in [0.15, 0.2) is 60.9 Å². The highest BCUT2D eigenvalue weighted by Gasteiger charge is 2.06. The van der Waals surface area contributed by atoms with Crippen molar-refractivity contribution in [2.24, 2.45) is 0 Å². The molecule has 0 radical (unpaired) electrons. The van der Waals surface area contributed by atoms with Crippen LogP contribution >= 0.6 is 0 Å². The molecule has 4 aromatic rings. The molecule has 6 heteroatoms. The number of esters is 1. The first-order chi connectivity index (χ1) is 13.2. The van der Waals surface area contributed by atoms with E-state index < -0.39 is 0 Å². The quantitative estimate of drug-likeness (QED) is 0.439. The third kappa shape index (κ3) is 3.74. The van der Waals surface area contributed by atoms with Gasteiger partial charge in [-0.2, -0.15) is 5.10 Å². The number of rotatable bonds is 4. The predicted octanol–water partition coefficient (Wildman–Crippen LogP) is 4.12. The Morgan fingerprint density at radius 2 is 1.89 bits per heavy atom. The van der Waals surface area contributed by atoms with E-state index in [-0.39, 0.29) is 5.97 Å². The van der Waals surface area contributed by atoms with Crippen LogP contribution in [-0.4, -0.2) is 26.1 Å². The maximum atomic E-state index is 11.3. The third-order valence-corrected chi connectivity index (χ3v) is 3.99. The molecule has 0 fully saturated rings. The average molecular weight is 356 g/mol. The Labute approximate surface area is 155 Å². The van der Waals surface area contributed by atoms with Gasteiger partial charge in [0.2, 0.25) is 0 Å². The SMILES string of the molecule is CC(=O)Oc1cccc2ccc(/C=C/c3ccc(-c4nc[nH]n4)cc3)nc12. The number of aromatic nitrogens is 4. The molecule has 1 N–H and O–H groups in total. The number of fused-ring (bicyclic) bond motifs is 1. The molecule has 0 bridgehead atoms. The maximum absolute atomic E-state index is 11.3. The minimum absolute atomic E-state index is 0.364. The van der Waals surface area contributed by atoms with E-state index in [1.807, 2.05) is 60.7 Å². The summed E-state index contributed by atoms with van der Waals surface area (Å²) >= 11 is 0. The van der Waals surface area contributed by atoms with Crippen molar-refractivity contribution >= 4 is 29.0 Å². The second-order valence-corrected chi connectivity index (χ2v) is 5.94. The Balaban J connectivity index is 1.60. The summed E-state index contributed by atoms with van der Waals surface area (Å²) in [7, 11) is 0. The van der Waals surface area contributed by atoms with Crippen molar-refractivity contribution < 1.29 is 9.53 Å². The molecule has 0 aliphatic rings. The Kier molecular flexibility index (Phi) is 4.45. The monoisotopic (exact) mass is 356 g/mol. The van der Waals surface area contributed by atoms with E-state index in [1.54, 1.807) is 12.4 Å². The minimum atomic E-state index is -0.364. The van der Waals surface area contributed by atoms with Crippen molar-refractivity contribution in [3.8, 4) is 17.1 Å². The number of H-pyrrole nitrogens is 1. The van der Waals surface area contributed by atoms with Crippen LogP contribution in [0.1, 0.15) is 18.2 Å². The third-order valence-electron chi connectivity index (χ3n) is 3.99. The lowest BCUT2D eigenvalue weighted by molar-refractivity contribution is -0.131. The van der Waals surface area contributed by atoms with Gasteiger partial charge in [-0.3, -0.25) is 9.89 Å². The Morgan fingerprint density at radius 3 is 2.63 bits per heavy atom. The van der Waals surface area contributed by atoms with Crippen LogP contribution < -0.4 is 4.74 Å². The summed E-state index contributed by atoms with van der Waals surface area (Å²) in [6.45, 7) is 1.38. The van der Waals surface area contributed by atoms with Crippen LogP contribution in [0, 0.1) is 0 Å². The molecule has 2 heterocycles. The van der Waals surface area contributed by atoms with Crippen molar-refractivity contribution in [2.75, 3.05) is 0 Å². The minimum Gasteiger partial charge on any atom is -0.424 e. The topological polar surface area (TPSA) is 80.8 Å². The summed E-state index contributed by atoms with van der Waals surface area (Å²) in [6, 6.07) is 17.3. The molecule has 27 heavy (non-hydrogen) atoms. The first-order valence-corrected chi connectivity index (χ1v) is 8.41. The van der Waals surface area contributed by atoms with Crippen molar-refractivity contribution in [3.05, 3.63) is 72.2 Å². The van der Waals surface area contributed by atoms with Gasteiger partial charge in [0.25, 0.3) is 0 Å². The summed E-state index contributed by atoms with van der Waals surface area (Å²) in [4.78, 5) is 20.0. The van der Waals surface area contributed by atoms with Crippen LogP contribution in [-0.2, 0) is 4.79 Å². The predicted molar refractivity (Wildman–Crippen MR) is 104 cm³/mol. The molecule has 2 aromatic heterocycles. The van der Waals surface area contributed by atoms with E-state index in [2.05, 4.69) is 20.2 Å². The number of nitrogens with one attached hydrogen (secondary N) is 1. The molecule has 4 rings (SSSR count). The van der Waals surface area contributed by atoms with Gasteiger partial charge in [0.15, 0.2) is 11.6 Å². The number of benzene rings is 2. The van der Waals surface area contributed by atoms with Crippen LogP contribution in [0.25, 0.3) is 34.4 Å². The second-order valence-electron chi connectivity index (χ2n) is 5.94. The highest BCUT2D eigenvalue weighted by molar-refractivity contribution is 5.88. The first-order valence-electron chi connectivity index (χ1n) is 8.41. The highest BCUT2D eigenvalue weighted by atomic mass is 16.5. The van der Waals surface area contributed by atoms with Gasteiger partial charge < -0.3 is 4.74 Å². The summed E-state index contributed by atoms with van der Waals surface area (Å²) in [5.74, 6) is 0.766. The zero-order valence-electron chi connectivity index (χ0n) is 14.6. The number of pyridine rings is 1. The van der Waals surface area contributed by atoms with Crippen LogP contribution in [0.4, 0.5) is 0 Å². The van der Waals surface area contributed by atoms with Crippen LogP contribution in [0.5, 0.6) is 5.75 Å². The van der Waals surface area contributed by atoms with Gasteiger partial charge in [-0.1, -0.05) is 48.5 Å². The number of ether oxygens (including phenoxy) is 1. The summed E-state index contributed by atoms with van der Waals surface area (Å²) in [5.41, 5.74) is 3.42. The summed E-state index contributed by atoms with van der Waals surface area (Å²) in [5, 5.41) is 7.69. The standard InChI is InChI=1S/C21H16N4O2/c1-14(26)27-19-4-2-3-16-10-12-18(24-20(16)19)11-7-15-5-8-17(9-6-15)21-22-13-23-25-21/h2-13H,1H3,(H,22,23,25)/b11-7+. The molecule has 0 saturated carbocycles. The van der Waals surface area contributed by atoms with E-state index in [9.17, 15) is 4.79 Å². The van der Waals surface area contributed by atoms with E-state index in [0.29, 0.717) is 17.1 Å². The molecule has 2 aromatic carbocycles. The Morgan fingerprint density at radius 1 is 1.04 bits per heavy atom. The zero-order valence-corrected chi connectivity index (χ0v) is 14.6. The lowest BCUT2D eigenvalue weighted by atomic mass is 10.1. The number of aromatic amines is 1. The van der Waals surface area contributed by atoms with Crippen LogP contribution in [0.3, 0.4) is 0 Å². The zero-order chi connectivity index (χ0) is 18.6. The van der Waals surface area contributed by atoms with Gasteiger partial charge in [0.1, 0.15) is 11.8 Å². The molecule has 0 unspecified atom stereocenters. The fourth-order valence-corrected chi connectivity index (χ4v) is 2.74. The number of hydrogen-bond donors (Lipinski definition) is 1. The number of hydrogen-bond acceptors (Lipinski definition) is 5. The van der Waals surface area contributed by atoms with Crippen LogP contribution in [0.2, 0.25) is 0 Å². The van der Waals surface area contributed by atoms with Gasteiger partial charge in [-0.05, 0) is 23.8 Å². The second kappa shape index (κ2) is 7.21. The van der Waals surface area contributed by atoms with Gasteiger partial charge in [-0.15, -0.1) is 0 Å². The van der Waals surface area contributed by atoms with E-state index in [0.717, 1.165) is 22.2 Å². The molecule has 0 spiro atoms. The molecule has 0 atom stereocenters. The number of nitrogens with zero attached hydrogens (tertiary/aromatic N) is 3. The van der Waals surface area contributed by atoms with Crippen molar-refractivity contribution in [1.29, 1.82) is 0 Å². The van der Waals surface area contributed by atoms with E-state index >= 15 is 0 Å². The molecule has 0 aliphatic carbocycles. The lowest BCUT2D eigenvalue weighted by Crippen LogP contribution is -2.02. The first kappa shape index (κ1) is 16.7. The smallest absolute Gasteiger partial charge is 0.308 e. The maximum Gasteiger partial charge on any atom is 0.308 e. The summed E-state index contributed by atoms with van der Waals surface area (Å²) < 4.78 is 5.25. The Bertz CT molecular complexity index is 1120. The van der Waals surface area contributed by atoms with Gasteiger partial charge in [0.05, 0.1) is 5.69 Å². The number of para-hydroxylation sites is 1. The fourth-order valence-electron chi connectivity index (χ4n) is 2.74. The highest BCUT2D eigenvalue weighted by Crippen LogP contribution is 2.25. The molecule has 0 amide bonds. The fraction of sp³-hybridized carbons (Fsp3) is 0.0476. The van der Waals surface area contributed by atoms with E-state index in [4.69, 9.17) is 4.74 Å². The van der Waals surface area contributed by atoms with Gasteiger partial charge in [-0.25, -0.2) is 9.97 Å². The normalized spacial score (nSPS) is 11.1. The molecule has 0 aliphatic heterocycles. The van der Waals surface area contributed by atoms with Gasteiger partial charge >= 0.3 is 5.97 Å². The summed E-state index contributed by atoms with van der Waals surface area (Å²) in [6.07, 6.45) is 5.45. The molecular weight excluding hydrogens is 340 g/mol. The van der Waals surface area contributed by atoms with Crippen molar-refractivity contribution in [1.82, 2.24) is 20.2 Å². The van der Waals surface area contributed by atoms with Crippen molar-refractivity contribution in [2.45, 2.75) is 6.92 Å². The number of carbonyl (C=O) groups excluding carboxylic acids is 1. The molecular formula is C21H16N4O2. The molecule has 0 saturated heterocycles. The number of carbonyl (C=O) groups is 1. The molecule has 132 valence electrons. The lowest BCUT2D eigenvalue weighted by Gasteiger charge is -2.06. The van der Waals surface area contributed by atoms with Crippen molar-refractivity contribution in [3.63, 3.8) is 0 Å². The Hall–Kier alpha value is -3.80. The average Bonchev–Trinajstić information content (AvgIpc) is 3.21. The van der Waals surface area contributed by atoms with E-state index in [1.165, 1.54) is 6.92 Å². The van der Waals surface area contributed by atoms with Gasteiger partial charge in [0, 0.05) is 17.9 Å². The molecule has 6 nitrogen and oxygen atoms in total.